The van der Waals surface area contributed by atoms with Crippen LogP contribution in [-0.4, -0.2) is 22.8 Å². The third-order valence-corrected chi connectivity index (χ3v) is 1.81. The standard InChI is InChI=1S/C9H12FN3O/c10-12-9(11)13(14)7-6-8-4-2-1-3-5-8/h1-5,14H,6-7H2,(H2,11,12). The largest absolute Gasteiger partial charge is 0.366 e. The van der Waals surface area contributed by atoms with Gasteiger partial charge in [0.2, 0.25) is 0 Å². The van der Waals surface area contributed by atoms with Gasteiger partial charge < -0.3 is 5.73 Å². The highest BCUT2D eigenvalue weighted by molar-refractivity contribution is 5.76. The molecule has 0 aliphatic carbocycles. The second-order valence-corrected chi connectivity index (χ2v) is 2.80. The van der Waals surface area contributed by atoms with Crippen molar-refractivity contribution in [3.05, 3.63) is 35.9 Å². The van der Waals surface area contributed by atoms with Crippen molar-refractivity contribution in [2.24, 2.45) is 10.9 Å². The monoisotopic (exact) mass is 197 g/mol. The Morgan fingerprint density at radius 1 is 1.43 bits per heavy atom. The number of guanidine groups is 1. The first-order valence-electron chi connectivity index (χ1n) is 4.19. The SMILES string of the molecule is NC(=NF)N(O)CCc1ccccc1. The average molecular weight is 197 g/mol. The number of hydroxylamine groups is 2. The topological polar surface area (TPSA) is 61.8 Å². The van der Waals surface area contributed by atoms with Crippen molar-refractivity contribution in [3.63, 3.8) is 0 Å². The molecule has 14 heavy (non-hydrogen) atoms. The van der Waals surface area contributed by atoms with Crippen molar-refractivity contribution < 1.29 is 9.69 Å². The summed E-state index contributed by atoms with van der Waals surface area (Å²) in [5.41, 5.74) is 6.07. The van der Waals surface area contributed by atoms with Crippen LogP contribution in [0.5, 0.6) is 0 Å². The number of rotatable bonds is 3. The van der Waals surface area contributed by atoms with Crippen molar-refractivity contribution in [2.75, 3.05) is 6.54 Å². The van der Waals surface area contributed by atoms with Crippen LogP contribution in [0.25, 0.3) is 0 Å². The minimum atomic E-state index is -0.527. The molecule has 0 saturated heterocycles. The second kappa shape index (κ2) is 5.18. The van der Waals surface area contributed by atoms with Crippen molar-refractivity contribution in [2.45, 2.75) is 6.42 Å². The third-order valence-electron chi connectivity index (χ3n) is 1.81. The van der Waals surface area contributed by atoms with E-state index in [1.165, 1.54) is 0 Å². The van der Waals surface area contributed by atoms with Gasteiger partial charge in [-0.15, -0.1) is 0 Å². The quantitative estimate of drug-likeness (QED) is 0.433. The lowest BCUT2D eigenvalue weighted by Gasteiger charge is -2.13. The molecule has 3 N–H and O–H groups in total. The molecule has 0 saturated carbocycles. The molecule has 0 spiro atoms. The van der Waals surface area contributed by atoms with Gasteiger partial charge >= 0.3 is 0 Å². The fraction of sp³-hybridized carbons (Fsp3) is 0.222. The van der Waals surface area contributed by atoms with Gasteiger partial charge in [-0.2, -0.15) is 0 Å². The summed E-state index contributed by atoms with van der Waals surface area (Å²) >= 11 is 0. The van der Waals surface area contributed by atoms with Gasteiger partial charge in [0.1, 0.15) is 0 Å². The van der Waals surface area contributed by atoms with Crippen LogP contribution in [0.2, 0.25) is 0 Å². The van der Waals surface area contributed by atoms with E-state index in [9.17, 15) is 4.48 Å². The van der Waals surface area contributed by atoms with Crippen LogP contribution in [0, 0.1) is 0 Å². The molecule has 5 heteroatoms. The molecule has 1 aromatic rings. The Kier molecular flexibility index (Phi) is 3.87. The molecule has 0 radical (unpaired) electrons. The van der Waals surface area contributed by atoms with E-state index in [2.05, 4.69) is 5.21 Å². The molecule has 0 bridgehead atoms. The molecule has 0 aliphatic rings. The molecule has 4 nitrogen and oxygen atoms in total. The fourth-order valence-corrected chi connectivity index (χ4v) is 1.04. The van der Waals surface area contributed by atoms with E-state index in [-0.39, 0.29) is 6.54 Å². The van der Waals surface area contributed by atoms with Crippen LogP contribution in [0.3, 0.4) is 0 Å². The van der Waals surface area contributed by atoms with E-state index in [1.54, 1.807) is 0 Å². The molecule has 1 rings (SSSR count). The van der Waals surface area contributed by atoms with Crippen LogP contribution >= 0.6 is 0 Å². The molecule has 76 valence electrons. The number of nitrogens with two attached hydrogens (primary N) is 1. The van der Waals surface area contributed by atoms with Gasteiger partial charge in [0, 0.05) is 0 Å². The second-order valence-electron chi connectivity index (χ2n) is 2.80. The summed E-state index contributed by atoms with van der Waals surface area (Å²) < 4.78 is 11.6. The number of nitrogens with zero attached hydrogens (tertiary/aromatic N) is 2. The van der Waals surface area contributed by atoms with Gasteiger partial charge in [-0.3, -0.25) is 5.21 Å². The molecule has 0 aliphatic heterocycles. The molecule has 1 aromatic carbocycles. The summed E-state index contributed by atoms with van der Waals surface area (Å²) in [5.74, 6) is -0.527. The average Bonchev–Trinajstić information content (AvgIpc) is 2.26. The highest BCUT2D eigenvalue weighted by Gasteiger charge is 2.03. The van der Waals surface area contributed by atoms with Gasteiger partial charge in [-0.05, 0) is 17.2 Å². The highest BCUT2D eigenvalue weighted by Crippen LogP contribution is 2.00. The highest BCUT2D eigenvalue weighted by atomic mass is 19.2. The van der Waals surface area contributed by atoms with Gasteiger partial charge in [-0.1, -0.05) is 34.8 Å². The van der Waals surface area contributed by atoms with Crippen molar-refractivity contribution in [1.82, 2.24) is 5.06 Å². The normalized spacial score (nSPS) is 11.4. The fourth-order valence-electron chi connectivity index (χ4n) is 1.04. The van der Waals surface area contributed by atoms with Crippen molar-refractivity contribution >= 4 is 5.96 Å². The first-order chi connectivity index (χ1) is 6.74. The van der Waals surface area contributed by atoms with Crippen molar-refractivity contribution in [3.8, 4) is 0 Å². The maximum Gasteiger partial charge on any atom is 0.250 e. The third kappa shape index (κ3) is 3.02. The number of hydrogen-bond acceptors (Lipinski definition) is 2. The Bertz CT molecular complexity index is 302. The Hall–Kier alpha value is -1.62. The molecule has 0 atom stereocenters. The molecule has 0 aromatic heterocycles. The van der Waals surface area contributed by atoms with Crippen LogP contribution in [0.15, 0.2) is 35.5 Å². The summed E-state index contributed by atoms with van der Waals surface area (Å²) in [6.45, 7) is 0.212. The number of hydrogen-bond donors (Lipinski definition) is 2. The predicted octanol–water partition coefficient (Wildman–Crippen LogP) is 1.12. The zero-order valence-electron chi connectivity index (χ0n) is 7.60. The Morgan fingerprint density at radius 2 is 2.07 bits per heavy atom. The lowest BCUT2D eigenvalue weighted by molar-refractivity contribution is -0.0166. The van der Waals surface area contributed by atoms with E-state index in [0.29, 0.717) is 11.5 Å². The Labute approximate surface area is 81.4 Å². The molecular weight excluding hydrogens is 185 g/mol. The first-order valence-corrected chi connectivity index (χ1v) is 4.19. The molecule has 0 amide bonds. The zero-order chi connectivity index (χ0) is 10.4. The van der Waals surface area contributed by atoms with Gasteiger partial charge in [0.05, 0.1) is 6.54 Å². The molecule has 0 heterocycles. The summed E-state index contributed by atoms with van der Waals surface area (Å²) in [4.78, 5) is 0. The van der Waals surface area contributed by atoms with Crippen LogP contribution < -0.4 is 5.73 Å². The molecule has 0 fully saturated rings. The van der Waals surface area contributed by atoms with Crippen LogP contribution in [0.1, 0.15) is 5.56 Å². The lowest BCUT2D eigenvalue weighted by Crippen LogP contribution is -2.35. The summed E-state index contributed by atoms with van der Waals surface area (Å²) in [7, 11) is 0. The summed E-state index contributed by atoms with van der Waals surface area (Å²) in [5, 5.41) is 11.9. The molecule has 0 unspecified atom stereocenters. The number of benzene rings is 1. The van der Waals surface area contributed by atoms with Gasteiger partial charge in [0.25, 0.3) is 5.96 Å². The van der Waals surface area contributed by atoms with Crippen LogP contribution in [0.4, 0.5) is 4.48 Å². The maximum atomic E-state index is 11.6. The van der Waals surface area contributed by atoms with Gasteiger partial charge in [0.15, 0.2) is 0 Å². The van der Waals surface area contributed by atoms with E-state index in [4.69, 9.17) is 10.9 Å². The predicted molar refractivity (Wildman–Crippen MR) is 51.4 cm³/mol. The Balaban J connectivity index is 2.42. The smallest absolute Gasteiger partial charge is 0.250 e. The number of halogens is 1. The molecular formula is C9H12FN3O. The van der Waals surface area contributed by atoms with Gasteiger partial charge in [-0.25, -0.2) is 5.06 Å². The summed E-state index contributed by atoms with van der Waals surface area (Å²) in [6.07, 6.45) is 0.577. The zero-order valence-corrected chi connectivity index (χ0v) is 7.60. The summed E-state index contributed by atoms with van der Waals surface area (Å²) in [6, 6.07) is 9.51. The minimum Gasteiger partial charge on any atom is -0.366 e. The van der Waals surface area contributed by atoms with Crippen molar-refractivity contribution in [1.29, 1.82) is 0 Å². The van der Waals surface area contributed by atoms with E-state index >= 15 is 0 Å². The van der Waals surface area contributed by atoms with Crippen LogP contribution in [-0.2, 0) is 6.42 Å². The van der Waals surface area contributed by atoms with E-state index in [0.717, 1.165) is 5.56 Å². The lowest BCUT2D eigenvalue weighted by atomic mass is 10.1. The first kappa shape index (κ1) is 10.5. The minimum absolute atomic E-state index is 0.212. The maximum absolute atomic E-state index is 11.6. The Morgan fingerprint density at radius 3 is 2.64 bits per heavy atom. The van der Waals surface area contributed by atoms with E-state index < -0.39 is 5.96 Å². The van der Waals surface area contributed by atoms with E-state index in [1.807, 2.05) is 30.3 Å².